The number of nitrogens with one attached hydrogen (secondary N) is 1. The summed E-state index contributed by atoms with van der Waals surface area (Å²) in [6.07, 6.45) is 0. The molecule has 168 valence electrons. The molecular formula is C23H28N6O2S. The highest BCUT2D eigenvalue weighted by Crippen LogP contribution is 2.22. The molecule has 1 saturated heterocycles. The van der Waals surface area contributed by atoms with E-state index in [0.717, 1.165) is 49.7 Å². The van der Waals surface area contributed by atoms with E-state index >= 15 is 0 Å². The molecule has 4 rings (SSSR count). The summed E-state index contributed by atoms with van der Waals surface area (Å²) in [4.78, 5) is 14.8. The third kappa shape index (κ3) is 5.73. The largest absolute Gasteiger partial charge is 0.379 e. The molecule has 0 radical (unpaired) electrons. The summed E-state index contributed by atoms with van der Waals surface area (Å²) < 4.78 is 7.09. The average molecular weight is 453 g/mol. The van der Waals surface area contributed by atoms with Gasteiger partial charge in [-0.3, -0.25) is 9.69 Å². The molecular weight excluding hydrogens is 424 g/mol. The van der Waals surface area contributed by atoms with Gasteiger partial charge in [0.25, 0.3) is 0 Å². The van der Waals surface area contributed by atoms with Gasteiger partial charge in [0.2, 0.25) is 11.1 Å². The summed E-state index contributed by atoms with van der Waals surface area (Å²) in [6, 6.07) is 14.4. The topological polar surface area (TPSA) is 85.2 Å². The lowest BCUT2D eigenvalue weighted by atomic mass is 10.1. The minimum absolute atomic E-state index is 0.0529. The Kier molecular flexibility index (Phi) is 7.51. The number of hydrogen-bond donors (Lipinski definition) is 1. The smallest absolute Gasteiger partial charge is 0.230 e. The van der Waals surface area contributed by atoms with E-state index in [-0.39, 0.29) is 11.7 Å². The highest BCUT2D eigenvalue weighted by atomic mass is 32.2. The fourth-order valence-electron chi connectivity index (χ4n) is 3.55. The molecule has 1 aliphatic heterocycles. The second-order valence-corrected chi connectivity index (χ2v) is 8.81. The number of tetrazole rings is 1. The molecule has 2 aromatic carbocycles. The Morgan fingerprint density at radius 2 is 1.84 bits per heavy atom. The van der Waals surface area contributed by atoms with Crippen molar-refractivity contribution < 1.29 is 9.53 Å². The first-order valence-corrected chi connectivity index (χ1v) is 11.7. The number of ether oxygens (including phenoxy) is 1. The number of hydrogen-bond acceptors (Lipinski definition) is 7. The SMILES string of the molecule is Cc1cccc(-n2nnnc2SCC(=O)NCc2ccc(CN3CCOCC3)cc2)c1C. The van der Waals surface area contributed by atoms with Gasteiger partial charge in [-0.25, -0.2) is 0 Å². The predicted octanol–water partition coefficient (Wildman–Crippen LogP) is 2.52. The van der Waals surface area contributed by atoms with Crippen LogP contribution in [0.4, 0.5) is 0 Å². The van der Waals surface area contributed by atoms with Crippen LogP contribution in [0.2, 0.25) is 0 Å². The quantitative estimate of drug-likeness (QED) is 0.526. The van der Waals surface area contributed by atoms with Gasteiger partial charge in [0.1, 0.15) is 0 Å². The van der Waals surface area contributed by atoms with E-state index in [1.807, 2.05) is 19.1 Å². The van der Waals surface area contributed by atoms with Crippen molar-refractivity contribution in [1.29, 1.82) is 0 Å². The average Bonchev–Trinajstić information content (AvgIpc) is 3.28. The second kappa shape index (κ2) is 10.7. The van der Waals surface area contributed by atoms with Crippen molar-refractivity contribution in [2.75, 3.05) is 32.1 Å². The van der Waals surface area contributed by atoms with Gasteiger partial charge < -0.3 is 10.1 Å². The number of thioether (sulfide) groups is 1. The molecule has 2 heterocycles. The van der Waals surface area contributed by atoms with Crippen LogP contribution in [0.5, 0.6) is 0 Å². The Bertz CT molecular complexity index is 1050. The molecule has 1 aliphatic rings. The Morgan fingerprint density at radius 3 is 2.62 bits per heavy atom. The van der Waals surface area contributed by atoms with Crippen LogP contribution in [0.25, 0.3) is 5.69 Å². The number of amides is 1. The van der Waals surface area contributed by atoms with E-state index in [9.17, 15) is 4.79 Å². The van der Waals surface area contributed by atoms with Crippen LogP contribution in [0, 0.1) is 13.8 Å². The molecule has 1 aromatic heterocycles. The number of benzene rings is 2. The van der Waals surface area contributed by atoms with Gasteiger partial charge in [-0.2, -0.15) is 4.68 Å². The van der Waals surface area contributed by atoms with Gasteiger partial charge >= 0.3 is 0 Å². The van der Waals surface area contributed by atoms with Crippen molar-refractivity contribution in [2.24, 2.45) is 0 Å². The molecule has 9 heteroatoms. The lowest BCUT2D eigenvalue weighted by Crippen LogP contribution is -2.35. The molecule has 0 aliphatic carbocycles. The third-order valence-corrected chi connectivity index (χ3v) is 6.52. The first-order valence-electron chi connectivity index (χ1n) is 10.7. The first kappa shape index (κ1) is 22.4. The molecule has 3 aromatic rings. The molecule has 0 unspecified atom stereocenters. The fourth-order valence-corrected chi connectivity index (χ4v) is 4.26. The number of nitrogens with zero attached hydrogens (tertiary/aromatic N) is 5. The number of aryl methyl sites for hydroxylation is 1. The van der Waals surface area contributed by atoms with Crippen molar-refractivity contribution in [3.8, 4) is 5.69 Å². The maximum Gasteiger partial charge on any atom is 0.230 e. The van der Waals surface area contributed by atoms with E-state index < -0.39 is 0 Å². The zero-order valence-electron chi connectivity index (χ0n) is 18.5. The maximum atomic E-state index is 12.4. The van der Waals surface area contributed by atoms with Gasteiger partial charge in [0.15, 0.2) is 0 Å². The first-order chi connectivity index (χ1) is 15.6. The number of aromatic nitrogens is 4. The molecule has 0 spiro atoms. The number of rotatable bonds is 8. The number of morpholine rings is 1. The summed E-state index contributed by atoms with van der Waals surface area (Å²) in [5, 5.41) is 15.6. The normalized spacial score (nSPS) is 14.4. The van der Waals surface area contributed by atoms with Crippen LogP contribution < -0.4 is 5.32 Å². The van der Waals surface area contributed by atoms with Gasteiger partial charge in [-0.05, 0) is 52.6 Å². The van der Waals surface area contributed by atoms with E-state index in [2.05, 4.69) is 63.0 Å². The molecule has 1 N–H and O–H groups in total. The lowest BCUT2D eigenvalue weighted by molar-refractivity contribution is -0.118. The summed E-state index contributed by atoms with van der Waals surface area (Å²) >= 11 is 1.33. The Balaban J connectivity index is 1.26. The number of carbonyl (C=O) groups excluding carboxylic acids is 1. The molecule has 8 nitrogen and oxygen atoms in total. The van der Waals surface area contributed by atoms with Crippen molar-refractivity contribution in [1.82, 2.24) is 30.4 Å². The molecule has 0 bridgehead atoms. The van der Waals surface area contributed by atoms with E-state index in [0.29, 0.717) is 11.7 Å². The number of carbonyl (C=O) groups is 1. The van der Waals surface area contributed by atoms with Gasteiger partial charge in [-0.15, -0.1) is 5.10 Å². The summed E-state index contributed by atoms with van der Waals surface area (Å²) in [7, 11) is 0. The van der Waals surface area contributed by atoms with Crippen molar-refractivity contribution in [3.63, 3.8) is 0 Å². The summed E-state index contributed by atoms with van der Waals surface area (Å²) in [6.45, 7) is 9.09. The van der Waals surface area contributed by atoms with Gasteiger partial charge in [0.05, 0.1) is 24.7 Å². The minimum atomic E-state index is -0.0529. The molecule has 1 amide bonds. The highest BCUT2D eigenvalue weighted by Gasteiger charge is 2.14. The highest BCUT2D eigenvalue weighted by molar-refractivity contribution is 7.99. The van der Waals surface area contributed by atoms with E-state index in [4.69, 9.17) is 4.74 Å². The van der Waals surface area contributed by atoms with Crippen LogP contribution in [-0.4, -0.2) is 63.1 Å². The summed E-state index contributed by atoms with van der Waals surface area (Å²) in [5.74, 6) is 0.197. The van der Waals surface area contributed by atoms with Crippen LogP contribution >= 0.6 is 11.8 Å². The van der Waals surface area contributed by atoms with Gasteiger partial charge in [-0.1, -0.05) is 48.2 Å². The zero-order valence-corrected chi connectivity index (χ0v) is 19.3. The van der Waals surface area contributed by atoms with Crippen molar-refractivity contribution in [3.05, 3.63) is 64.7 Å². The Labute approximate surface area is 192 Å². The van der Waals surface area contributed by atoms with Gasteiger partial charge in [0, 0.05) is 26.2 Å². The summed E-state index contributed by atoms with van der Waals surface area (Å²) in [5.41, 5.74) is 5.56. The van der Waals surface area contributed by atoms with Crippen LogP contribution in [0.3, 0.4) is 0 Å². The standard InChI is InChI=1S/C23H28N6O2S/c1-17-4-3-5-21(18(17)2)29-23(25-26-27-29)32-16-22(30)24-14-19-6-8-20(9-7-19)15-28-10-12-31-13-11-28/h3-9H,10-16H2,1-2H3,(H,24,30). The van der Waals surface area contributed by atoms with Crippen LogP contribution in [0.1, 0.15) is 22.3 Å². The van der Waals surface area contributed by atoms with Crippen molar-refractivity contribution in [2.45, 2.75) is 32.1 Å². The van der Waals surface area contributed by atoms with E-state index in [1.54, 1.807) is 4.68 Å². The lowest BCUT2D eigenvalue weighted by Gasteiger charge is -2.26. The Hall–Kier alpha value is -2.75. The maximum absolute atomic E-state index is 12.4. The molecule has 32 heavy (non-hydrogen) atoms. The Morgan fingerprint density at radius 1 is 1.09 bits per heavy atom. The molecule has 0 saturated carbocycles. The van der Waals surface area contributed by atoms with E-state index in [1.165, 1.54) is 22.9 Å². The molecule has 0 atom stereocenters. The van der Waals surface area contributed by atoms with Crippen LogP contribution in [0.15, 0.2) is 47.6 Å². The monoisotopic (exact) mass is 452 g/mol. The minimum Gasteiger partial charge on any atom is -0.379 e. The predicted molar refractivity (Wildman–Crippen MR) is 124 cm³/mol. The molecule has 1 fully saturated rings. The fraction of sp³-hybridized carbons (Fsp3) is 0.391. The second-order valence-electron chi connectivity index (χ2n) is 7.86. The third-order valence-electron chi connectivity index (χ3n) is 5.60. The van der Waals surface area contributed by atoms with Crippen molar-refractivity contribution >= 4 is 17.7 Å². The zero-order chi connectivity index (χ0) is 22.3. The van der Waals surface area contributed by atoms with Crippen LogP contribution in [-0.2, 0) is 22.6 Å².